The molecule has 1 aliphatic rings. The summed E-state index contributed by atoms with van der Waals surface area (Å²) in [4.78, 5) is 26.1. The number of pyridine rings is 1. The molecule has 3 aromatic carbocycles. The molecule has 2 aromatic heterocycles. The molecular formula is C33H29F3N6O5S. The minimum absolute atomic E-state index is 0.158. The smallest absolute Gasteiger partial charge is 0.407 e. The van der Waals surface area contributed by atoms with Crippen LogP contribution in [0.25, 0.3) is 22.0 Å². The van der Waals surface area contributed by atoms with Gasteiger partial charge in [0.15, 0.2) is 0 Å². The summed E-state index contributed by atoms with van der Waals surface area (Å²) >= 11 is 0. The lowest BCUT2D eigenvalue weighted by molar-refractivity contribution is 0.132. The molecule has 3 N–H and O–H groups in total. The molecule has 5 aromatic rings. The van der Waals surface area contributed by atoms with Crippen LogP contribution in [0.5, 0.6) is 11.6 Å². The zero-order valence-electron chi connectivity index (χ0n) is 25.5. The van der Waals surface area contributed by atoms with Crippen molar-refractivity contribution in [2.24, 2.45) is 0 Å². The van der Waals surface area contributed by atoms with Gasteiger partial charge in [0, 0.05) is 53.9 Å². The average molecular weight is 679 g/mol. The summed E-state index contributed by atoms with van der Waals surface area (Å²) in [6.45, 7) is 2.53. The molecule has 11 nitrogen and oxygen atoms in total. The number of sulfonamides is 1. The summed E-state index contributed by atoms with van der Waals surface area (Å²) in [5.41, 5.74) is 0.956. The zero-order valence-corrected chi connectivity index (χ0v) is 26.3. The number of halogens is 3. The fourth-order valence-corrected chi connectivity index (χ4v) is 6.76. The van der Waals surface area contributed by atoms with E-state index in [1.165, 1.54) is 23.2 Å². The number of aryl methyl sites for hydroxylation is 1. The standard InChI is InChI=1S/C33H29F3N6O5S/c1-19-6-9-23-24(10-11-26(35)29(23)41-48(45,46)18-20-7-8-21(34)16-27(20)36)30(19)47-31-25(5-2-13-37-31)28-12-14-38-32(40-28)39-22-4-3-15-42(17-22)33(43)44/h2,5-14,16,22,41H,3-4,15,17-18H2,1H3,(H,43,44)(H,38,39,40). The van der Waals surface area contributed by atoms with Gasteiger partial charge in [0.2, 0.25) is 21.9 Å². The van der Waals surface area contributed by atoms with Crippen LogP contribution in [0.4, 0.5) is 29.6 Å². The van der Waals surface area contributed by atoms with Crippen molar-refractivity contribution < 1.29 is 36.2 Å². The number of likely N-dealkylation sites (tertiary alicyclic amines) is 1. The van der Waals surface area contributed by atoms with Crippen LogP contribution in [0.3, 0.4) is 0 Å². The Kier molecular flexibility index (Phi) is 9.04. The van der Waals surface area contributed by atoms with E-state index in [-0.39, 0.29) is 34.3 Å². The number of anilines is 2. The number of fused-ring (bicyclic) bond motifs is 1. The molecule has 15 heteroatoms. The molecule has 1 fully saturated rings. The maximum Gasteiger partial charge on any atom is 0.407 e. The first kappa shape index (κ1) is 32.5. The fraction of sp³-hybridized carbons (Fsp3) is 0.212. The third-order valence-electron chi connectivity index (χ3n) is 7.84. The number of hydrogen-bond donors (Lipinski definition) is 3. The van der Waals surface area contributed by atoms with E-state index in [1.807, 2.05) is 0 Å². The Morgan fingerprint density at radius 3 is 2.62 bits per heavy atom. The third-order valence-corrected chi connectivity index (χ3v) is 9.05. The average Bonchev–Trinajstić information content (AvgIpc) is 3.05. The van der Waals surface area contributed by atoms with Crippen LogP contribution in [-0.4, -0.2) is 58.6 Å². The molecule has 0 saturated carbocycles. The summed E-state index contributed by atoms with van der Waals surface area (Å²) in [6, 6.07) is 13.2. The number of benzene rings is 3. The van der Waals surface area contributed by atoms with Crippen molar-refractivity contribution in [3.8, 4) is 22.9 Å². The van der Waals surface area contributed by atoms with Gasteiger partial charge in [0.05, 0.1) is 22.7 Å². The van der Waals surface area contributed by atoms with E-state index in [1.54, 1.807) is 37.4 Å². The molecule has 48 heavy (non-hydrogen) atoms. The van der Waals surface area contributed by atoms with Gasteiger partial charge in [-0.1, -0.05) is 18.2 Å². The van der Waals surface area contributed by atoms with Gasteiger partial charge >= 0.3 is 6.09 Å². The topological polar surface area (TPSA) is 147 Å². The second-order valence-electron chi connectivity index (χ2n) is 11.3. The monoisotopic (exact) mass is 678 g/mol. The first-order chi connectivity index (χ1) is 23.0. The van der Waals surface area contributed by atoms with Crippen LogP contribution in [-0.2, 0) is 15.8 Å². The normalized spacial score (nSPS) is 14.9. The number of ether oxygens (including phenoxy) is 1. The van der Waals surface area contributed by atoms with Crippen LogP contribution < -0.4 is 14.8 Å². The molecule has 0 bridgehead atoms. The molecule has 1 amide bonds. The van der Waals surface area contributed by atoms with E-state index in [0.29, 0.717) is 53.7 Å². The largest absolute Gasteiger partial charge is 0.465 e. The Balaban J connectivity index is 1.30. The summed E-state index contributed by atoms with van der Waals surface area (Å²) in [5, 5.41) is 13.1. The Morgan fingerprint density at radius 1 is 1.02 bits per heavy atom. The number of piperidine rings is 1. The molecule has 3 heterocycles. The Labute approximate surface area is 273 Å². The molecule has 248 valence electrons. The third kappa shape index (κ3) is 7.10. The molecule has 1 saturated heterocycles. The molecular weight excluding hydrogens is 649 g/mol. The van der Waals surface area contributed by atoms with Crippen molar-refractivity contribution in [1.29, 1.82) is 0 Å². The molecule has 0 spiro atoms. The molecule has 1 unspecified atom stereocenters. The highest BCUT2D eigenvalue weighted by atomic mass is 32.2. The molecule has 6 rings (SSSR count). The van der Waals surface area contributed by atoms with Gasteiger partial charge in [-0.05, 0) is 61.7 Å². The quantitative estimate of drug-likeness (QED) is 0.155. The van der Waals surface area contributed by atoms with Gasteiger partial charge in [-0.15, -0.1) is 0 Å². The number of nitrogens with zero attached hydrogens (tertiary/aromatic N) is 4. The minimum atomic E-state index is -4.34. The number of aromatic nitrogens is 3. The second-order valence-corrected chi connectivity index (χ2v) is 13.0. The lowest BCUT2D eigenvalue weighted by Gasteiger charge is -2.31. The van der Waals surface area contributed by atoms with Crippen molar-refractivity contribution in [2.45, 2.75) is 31.6 Å². The van der Waals surface area contributed by atoms with Crippen LogP contribution in [0.1, 0.15) is 24.0 Å². The Hall–Kier alpha value is -5.44. The maximum atomic E-state index is 15.2. The molecule has 0 radical (unpaired) electrons. The van der Waals surface area contributed by atoms with Gasteiger partial charge in [-0.3, -0.25) is 4.72 Å². The SMILES string of the molecule is Cc1ccc2c(NS(=O)(=O)Cc3ccc(F)cc3F)c(F)ccc2c1Oc1ncccc1-c1ccnc(NC2CCCN(C(=O)O)C2)n1. The minimum Gasteiger partial charge on any atom is -0.465 e. The highest BCUT2D eigenvalue weighted by Crippen LogP contribution is 2.40. The highest BCUT2D eigenvalue weighted by molar-refractivity contribution is 7.91. The fourth-order valence-electron chi connectivity index (χ4n) is 5.53. The molecule has 1 aliphatic heterocycles. The Morgan fingerprint density at radius 2 is 1.83 bits per heavy atom. The van der Waals surface area contributed by atoms with E-state index in [2.05, 4.69) is 25.0 Å². The van der Waals surface area contributed by atoms with E-state index in [9.17, 15) is 27.1 Å². The second kappa shape index (κ2) is 13.4. The van der Waals surface area contributed by atoms with Gasteiger partial charge in [-0.25, -0.2) is 41.3 Å². The summed E-state index contributed by atoms with van der Waals surface area (Å²) < 4.78 is 77.3. The van der Waals surface area contributed by atoms with E-state index < -0.39 is 39.3 Å². The number of rotatable bonds is 9. The predicted octanol–water partition coefficient (Wildman–Crippen LogP) is 6.71. The van der Waals surface area contributed by atoms with Crippen molar-refractivity contribution in [2.75, 3.05) is 23.1 Å². The van der Waals surface area contributed by atoms with Gasteiger partial charge in [0.25, 0.3) is 0 Å². The van der Waals surface area contributed by atoms with Crippen LogP contribution in [0, 0.1) is 24.4 Å². The van der Waals surface area contributed by atoms with Gasteiger partial charge < -0.3 is 20.1 Å². The van der Waals surface area contributed by atoms with Crippen LogP contribution >= 0.6 is 0 Å². The Bertz CT molecular complexity index is 2140. The summed E-state index contributed by atoms with van der Waals surface area (Å²) in [7, 11) is -4.34. The van der Waals surface area contributed by atoms with Crippen LogP contribution in [0.15, 0.2) is 73.1 Å². The van der Waals surface area contributed by atoms with Crippen LogP contribution in [0.2, 0.25) is 0 Å². The first-order valence-corrected chi connectivity index (χ1v) is 16.5. The van der Waals surface area contributed by atoms with E-state index in [0.717, 1.165) is 24.6 Å². The zero-order chi connectivity index (χ0) is 34.0. The van der Waals surface area contributed by atoms with Crippen molar-refractivity contribution >= 4 is 38.5 Å². The number of nitrogens with one attached hydrogen (secondary N) is 2. The van der Waals surface area contributed by atoms with Crippen molar-refractivity contribution in [3.05, 3.63) is 102 Å². The predicted molar refractivity (Wildman–Crippen MR) is 173 cm³/mol. The number of hydrogen-bond acceptors (Lipinski definition) is 8. The summed E-state index contributed by atoms with van der Waals surface area (Å²) in [6.07, 6.45) is 3.55. The number of amides is 1. The number of carboxylic acid groups (broad SMARTS) is 1. The first-order valence-electron chi connectivity index (χ1n) is 14.8. The molecule has 0 aliphatic carbocycles. The van der Waals surface area contributed by atoms with E-state index >= 15 is 4.39 Å². The highest BCUT2D eigenvalue weighted by Gasteiger charge is 2.25. The lowest BCUT2D eigenvalue weighted by Crippen LogP contribution is -2.44. The maximum absolute atomic E-state index is 15.2. The van der Waals surface area contributed by atoms with E-state index in [4.69, 9.17) is 4.74 Å². The van der Waals surface area contributed by atoms with Gasteiger partial charge in [0.1, 0.15) is 23.2 Å². The van der Waals surface area contributed by atoms with Crippen molar-refractivity contribution in [3.63, 3.8) is 0 Å². The summed E-state index contributed by atoms with van der Waals surface area (Å²) in [5.74, 6) is -2.88. The van der Waals surface area contributed by atoms with Gasteiger partial charge in [-0.2, -0.15) is 0 Å². The van der Waals surface area contributed by atoms with Crippen molar-refractivity contribution in [1.82, 2.24) is 19.9 Å². The number of carbonyl (C=O) groups is 1. The molecule has 1 atom stereocenters. The lowest BCUT2D eigenvalue weighted by atomic mass is 10.0.